The highest BCUT2D eigenvalue weighted by molar-refractivity contribution is 4.93. The molecule has 0 aromatic heterocycles. The summed E-state index contributed by atoms with van der Waals surface area (Å²) in [7, 11) is 4.34. The van der Waals surface area contributed by atoms with Crippen molar-refractivity contribution in [3.8, 4) is 0 Å². The summed E-state index contributed by atoms with van der Waals surface area (Å²) in [5.41, 5.74) is 0. The predicted molar refractivity (Wildman–Crippen MR) is 221 cm³/mol. The maximum atomic E-state index is 6.43. The molecule has 0 N–H and O–H groups in total. The standard InChI is InChI=1S/C46H87NO2/c1-6-8-10-12-14-16-18-20-22-24-26-28-30-32-34-36-41-48-44-46(43-45(3)39-38-40-47(4)5)49-42-37-35-33-31-29-27-25-23-21-19-17-15-13-11-9-7-2/h14-17,20-23,45-46H,6-13,18-19,24-44H2,1-5H3. The molecule has 0 aromatic carbocycles. The molecule has 0 rings (SSSR count). The van der Waals surface area contributed by atoms with Crippen molar-refractivity contribution in [3.63, 3.8) is 0 Å². The molecule has 49 heavy (non-hydrogen) atoms. The minimum absolute atomic E-state index is 0.247. The van der Waals surface area contributed by atoms with E-state index in [2.05, 4.69) is 88.4 Å². The highest BCUT2D eigenvalue weighted by atomic mass is 16.5. The molecular weight excluding hydrogens is 599 g/mol. The molecule has 0 aromatic rings. The summed E-state index contributed by atoms with van der Waals surface area (Å²) in [6, 6.07) is 0. The monoisotopic (exact) mass is 686 g/mol. The van der Waals surface area contributed by atoms with Crippen LogP contribution in [0.3, 0.4) is 0 Å². The van der Waals surface area contributed by atoms with E-state index in [-0.39, 0.29) is 6.10 Å². The van der Waals surface area contributed by atoms with Gasteiger partial charge in [-0.3, -0.25) is 0 Å². The van der Waals surface area contributed by atoms with Crippen LogP contribution in [-0.2, 0) is 9.47 Å². The molecule has 0 fully saturated rings. The lowest BCUT2D eigenvalue weighted by atomic mass is 9.98. The molecule has 288 valence electrons. The van der Waals surface area contributed by atoms with Gasteiger partial charge in [-0.1, -0.05) is 146 Å². The van der Waals surface area contributed by atoms with E-state index in [0.717, 1.165) is 39.1 Å². The molecule has 0 amide bonds. The number of hydrogen-bond acceptors (Lipinski definition) is 3. The van der Waals surface area contributed by atoms with E-state index >= 15 is 0 Å². The van der Waals surface area contributed by atoms with Gasteiger partial charge in [0.25, 0.3) is 0 Å². The second-order valence-electron chi connectivity index (χ2n) is 15.0. The van der Waals surface area contributed by atoms with Gasteiger partial charge < -0.3 is 14.4 Å². The van der Waals surface area contributed by atoms with Gasteiger partial charge in [-0.25, -0.2) is 0 Å². The summed E-state index contributed by atoms with van der Waals surface area (Å²) in [6.45, 7) is 10.6. The molecule has 0 aliphatic heterocycles. The Bertz CT molecular complexity index is 739. The van der Waals surface area contributed by atoms with E-state index in [1.165, 1.54) is 161 Å². The normalized spacial score (nSPS) is 13.8. The first-order chi connectivity index (χ1) is 24.1. The van der Waals surface area contributed by atoms with Gasteiger partial charge >= 0.3 is 0 Å². The maximum Gasteiger partial charge on any atom is 0.0811 e. The Morgan fingerprint density at radius 2 is 0.918 bits per heavy atom. The van der Waals surface area contributed by atoms with Crippen LogP contribution in [0.25, 0.3) is 0 Å². The number of nitrogens with zero attached hydrogens (tertiary/aromatic N) is 1. The zero-order valence-electron chi connectivity index (χ0n) is 34.0. The lowest BCUT2D eigenvalue weighted by molar-refractivity contribution is -0.0294. The van der Waals surface area contributed by atoms with E-state index in [1.807, 2.05) is 0 Å². The summed E-state index contributed by atoms with van der Waals surface area (Å²) in [6.07, 6.45) is 53.6. The summed E-state index contributed by atoms with van der Waals surface area (Å²) in [5.74, 6) is 0.686. The second-order valence-corrected chi connectivity index (χ2v) is 15.0. The van der Waals surface area contributed by atoms with Crippen LogP contribution in [0.5, 0.6) is 0 Å². The number of unbranched alkanes of at least 4 members (excludes halogenated alkanes) is 18. The molecule has 0 aliphatic carbocycles. The minimum Gasteiger partial charge on any atom is -0.379 e. The lowest BCUT2D eigenvalue weighted by Gasteiger charge is -2.22. The zero-order chi connectivity index (χ0) is 35.7. The minimum atomic E-state index is 0.247. The molecule has 2 atom stereocenters. The topological polar surface area (TPSA) is 21.7 Å². The van der Waals surface area contributed by atoms with Gasteiger partial charge in [0.2, 0.25) is 0 Å². The number of ether oxygens (including phenoxy) is 2. The lowest BCUT2D eigenvalue weighted by Crippen LogP contribution is -2.24. The third-order valence-corrected chi connectivity index (χ3v) is 9.46. The predicted octanol–water partition coefficient (Wildman–Crippen LogP) is 14.4. The number of allylic oxidation sites excluding steroid dienone is 8. The van der Waals surface area contributed by atoms with Crippen LogP contribution in [0.1, 0.15) is 194 Å². The van der Waals surface area contributed by atoms with Gasteiger partial charge in [-0.15, -0.1) is 0 Å². The SMILES string of the molecule is CCCCCC=CCC=CCCCCCCCCOCC(CC(C)CCCN(C)C)OCCCCCCCCC=CCC=CCCCCC. The van der Waals surface area contributed by atoms with Crippen LogP contribution < -0.4 is 0 Å². The summed E-state index contributed by atoms with van der Waals surface area (Å²) in [4.78, 5) is 2.29. The van der Waals surface area contributed by atoms with Crippen LogP contribution in [0.2, 0.25) is 0 Å². The first-order valence-electron chi connectivity index (χ1n) is 21.5. The average Bonchev–Trinajstić information content (AvgIpc) is 3.08. The Morgan fingerprint density at radius 1 is 0.490 bits per heavy atom. The second kappa shape index (κ2) is 41.3. The Hall–Kier alpha value is -1.16. The molecule has 0 spiro atoms. The van der Waals surface area contributed by atoms with Crippen molar-refractivity contribution in [1.82, 2.24) is 4.90 Å². The van der Waals surface area contributed by atoms with Gasteiger partial charge in [0.1, 0.15) is 0 Å². The van der Waals surface area contributed by atoms with Crippen LogP contribution >= 0.6 is 0 Å². The van der Waals surface area contributed by atoms with Gasteiger partial charge in [-0.2, -0.15) is 0 Å². The van der Waals surface area contributed by atoms with Gasteiger partial charge in [-0.05, 0) is 123 Å². The molecule has 0 radical (unpaired) electrons. The van der Waals surface area contributed by atoms with Crippen molar-refractivity contribution in [2.45, 2.75) is 200 Å². The summed E-state index contributed by atoms with van der Waals surface area (Å²) < 4.78 is 12.6. The van der Waals surface area contributed by atoms with Gasteiger partial charge in [0.05, 0.1) is 12.7 Å². The zero-order valence-corrected chi connectivity index (χ0v) is 34.0. The molecule has 3 nitrogen and oxygen atoms in total. The molecule has 0 heterocycles. The smallest absolute Gasteiger partial charge is 0.0811 e. The van der Waals surface area contributed by atoms with Crippen LogP contribution in [0.15, 0.2) is 48.6 Å². The molecule has 0 saturated heterocycles. The average molecular weight is 686 g/mol. The Morgan fingerprint density at radius 3 is 1.39 bits per heavy atom. The Kier molecular flexibility index (Phi) is 40.3. The van der Waals surface area contributed by atoms with Crippen molar-refractivity contribution >= 4 is 0 Å². The molecule has 0 saturated carbocycles. The molecule has 0 aliphatic rings. The first-order valence-corrected chi connectivity index (χ1v) is 21.5. The number of rotatable bonds is 39. The van der Waals surface area contributed by atoms with E-state index in [1.54, 1.807) is 0 Å². The Balaban J connectivity index is 3.95. The van der Waals surface area contributed by atoms with E-state index in [9.17, 15) is 0 Å². The molecule has 3 heteroatoms. The Labute approximate surface area is 308 Å². The maximum absolute atomic E-state index is 6.43. The summed E-state index contributed by atoms with van der Waals surface area (Å²) >= 11 is 0. The molecular formula is C46H87NO2. The van der Waals surface area contributed by atoms with Crippen molar-refractivity contribution in [3.05, 3.63) is 48.6 Å². The fourth-order valence-electron chi connectivity index (χ4n) is 6.25. The highest BCUT2D eigenvalue weighted by Gasteiger charge is 2.14. The largest absolute Gasteiger partial charge is 0.379 e. The van der Waals surface area contributed by atoms with Crippen molar-refractivity contribution in [2.75, 3.05) is 40.5 Å². The third kappa shape index (κ3) is 41.1. The fraction of sp³-hybridized carbons (Fsp3) is 0.826. The third-order valence-electron chi connectivity index (χ3n) is 9.46. The van der Waals surface area contributed by atoms with Crippen LogP contribution in [-0.4, -0.2) is 51.5 Å². The van der Waals surface area contributed by atoms with Crippen molar-refractivity contribution in [1.29, 1.82) is 0 Å². The van der Waals surface area contributed by atoms with Gasteiger partial charge in [0, 0.05) is 13.2 Å². The number of hydrogen-bond donors (Lipinski definition) is 0. The summed E-state index contributed by atoms with van der Waals surface area (Å²) in [5, 5.41) is 0. The quantitative estimate of drug-likeness (QED) is 0.0475. The molecule has 2 unspecified atom stereocenters. The van der Waals surface area contributed by atoms with Crippen molar-refractivity contribution < 1.29 is 9.47 Å². The van der Waals surface area contributed by atoms with Crippen LogP contribution in [0.4, 0.5) is 0 Å². The van der Waals surface area contributed by atoms with E-state index < -0.39 is 0 Å². The highest BCUT2D eigenvalue weighted by Crippen LogP contribution is 2.17. The molecule has 0 bridgehead atoms. The van der Waals surface area contributed by atoms with E-state index in [4.69, 9.17) is 9.47 Å². The van der Waals surface area contributed by atoms with Gasteiger partial charge in [0.15, 0.2) is 0 Å². The van der Waals surface area contributed by atoms with Crippen LogP contribution in [0, 0.1) is 5.92 Å². The van der Waals surface area contributed by atoms with E-state index in [0.29, 0.717) is 5.92 Å². The fourth-order valence-corrected chi connectivity index (χ4v) is 6.25. The van der Waals surface area contributed by atoms with Crippen molar-refractivity contribution in [2.24, 2.45) is 5.92 Å². The first kappa shape index (κ1) is 47.8.